The molecule has 2 fully saturated rings. The van der Waals surface area contributed by atoms with E-state index in [9.17, 15) is 77.0 Å². The molecule has 2 saturated heterocycles. The predicted molar refractivity (Wildman–Crippen MR) is 410 cm³/mol. The van der Waals surface area contributed by atoms with Crippen molar-refractivity contribution in [2.45, 2.75) is 102 Å². The summed E-state index contributed by atoms with van der Waals surface area (Å²) in [5, 5.41) is 67.3. The molecule has 14 rings (SSSR count). The number of anilines is 8. The zero-order valence-electron chi connectivity index (χ0n) is 64.5. The van der Waals surface area contributed by atoms with E-state index >= 15 is 0 Å². The molecule has 0 bridgehead atoms. The Kier molecular flexibility index (Phi) is 27.2. The molecule has 30 nitrogen and oxygen atoms in total. The number of benzene rings is 8. The van der Waals surface area contributed by atoms with Gasteiger partial charge in [0.15, 0.2) is 6.04 Å². The highest BCUT2D eigenvalue weighted by Gasteiger charge is 2.45. The van der Waals surface area contributed by atoms with E-state index in [1.54, 1.807) is 139 Å². The van der Waals surface area contributed by atoms with Gasteiger partial charge in [-0.05, 0) is 187 Å². The van der Waals surface area contributed by atoms with Crippen LogP contribution in [0.15, 0.2) is 212 Å². The van der Waals surface area contributed by atoms with Crippen molar-refractivity contribution in [3.05, 3.63) is 240 Å². The molecule has 4 aromatic heterocycles. The molecule has 640 valence electrons. The zero-order chi connectivity index (χ0) is 88.1. The SMILES string of the molecule is CC(C)(C)OC(=O)N1C(=O)OCC1c1nnc(-c2ccccc2Nc2ccc(C(F)(F)F)cc2)o1.CC(C)(C)OC(=O)NC(CO)c1nnc(-c2ccccc2Nc2ccc(C(F)(F)F)cc2)o1.NC(CO)c1nnc(-c2ccccc2Nc2ccc(C(F)(F)F)cc2)o1.O=C1NC(c2nnc(-c3ccccc3Nc3ccc(C(F)(F)F)cc3)o2)CO1. The topological polar surface area (TPSA) is 403 Å². The first-order valence-electron chi connectivity index (χ1n) is 36.2. The highest BCUT2D eigenvalue weighted by atomic mass is 19.4. The summed E-state index contributed by atoms with van der Waals surface area (Å²) in [6.45, 7) is 9.13. The first kappa shape index (κ1) is 88.6. The average molecular weight is 1710 g/mol. The number of carbonyl (C=O) groups is 4. The number of cyclic esters (lactones) is 2. The van der Waals surface area contributed by atoms with Crippen LogP contribution in [0.2, 0.25) is 0 Å². The number of hydrogen-bond donors (Lipinski definition) is 9. The number of nitrogens with one attached hydrogen (secondary N) is 6. The Hall–Kier alpha value is -14.2. The van der Waals surface area contributed by atoms with Crippen LogP contribution < -0.4 is 37.6 Å². The lowest BCUT2D eigenvalue weighted by Gasteiger charge is -2.24. The van der Waals surface area contributed by atoms with E-state index in [-0.39, 0.29) is 66.9 Å². The number of rotatable bonds is 19. The van der Waals surface area contributed by atoms with E-state index in [1.165, 1.54) is 48.5 Å². The number of nitrogens with two attached hydrogens (primary N) is 1. The Balaban J connectivity index is 0.000000160. The monoisotopic (exact) mass is 1710 g/mol. The van der Waals surface area contributed by atoms with Crippen LogP contribution in [-0.4, -0.2) is 118 Å². The second-order valence-corrected chi connectivity index (χ2v) is 28.2. The summed E-state index contributed by atoms with van der Waals surface area (Å²) in [6.07, 6.45) is -20.8. The summed E-state index contributed by atoms with van der Waals surface area (Å²) >= 11 is 0. The van der Waals surface area contributed by atoms with Gasteiger partial charge in [0.25, 0.3) is 0 Å². The fourth-order valence-electron chi connectivity index (χ4n) is 11.0. The molecule has 2 aliphatic rings. The summed E-state index contributed by atoms with van der Waals surface area (Å²) in [4.78, 5) is 48.6. The van der Waals surface area contributed by atoms with Gasteiger partial charge >= 0.3 is 49.1 Å². The maximum absolute atomic E-state index is 12.8. The smallest absolute Gasteiger partial charge is 0.420 e. The number of alkyl halides is 12. The summed E-state index contributed by atoms with van der Waals surface area (Å²) in [6, 6.07) is 42.7. The van der Waals surface area contributed by atoms with Crippen LogP contribution in [-0.2, 0) is 43.7 Å². The van der Waals surface area contributed by atoms with Gasteiger partial charge in [0, 0.05) is 22.7 Å². The number of para-hydroxylation sites is 4. The number of aliphatic hydroxyl groups is 2. The lowest BCUT2D eigenvalue weighted by molar-refractivity contribution is -0.138. The van der Waals surface area contributed by atoms with Gasteiger partial charge in [0.2, 0.25) is 47.1 Å². The largest absolute Gasteiger partial charge is 0.447 e. The Morgan fingerprint density at radius 1 is 0.443 bits per heavy atom. The van der Waals surface area contributed by atoms with Gasteiger partial charge in [0.1, 0.15) is 42.5 Å². The van der Waals surface area contributed by atoms with Gasteiger partial charge in [0.05, 0.1) is 80.5 Å². The minimum Gasteiger partial charge on any atom is -0.447 e. The van der Waals surface area contributed by atoms with Crippen LogP contribution in [0.3, 0.4) is 0 Å². The number of ether oxygens (including phenoxy) is 4. The molecule has 6 heterocycles. The van der Waals surface area contributed by atoms with Crippen molar-refractivity contribution in [3.63, 3.8) is 0 Å². The third-order valence-corrected chi connectivity index (χ3v) is 16.8. The maximum atomic E-state index is 12.8. The summed E-state index contributed by atoms with van der Waals surface area (Å²) in [7, 11) is 0. The number of halogens is 12. The molecule has 122 heavy (non-hydrogen) atoms. The second kappa shape index (κ2) is 37.4. The number of aromatic nitrogens is 8. The number of amides is 4. The molecule has 8 aromatic carbocycles. The second-order valence-electron chi connectivity index (χ2n) is 28.2. The van der Waals surface area contributed by atoms with E-state index in [1.807, 2.05) is 0 Å². The number of aliphatic hydroxyl groups excluding tert-OH is 2. The molecular weight excluding hydrogens is 1640 g/mol. The molecule has 4 amide bonds. The molecule has 4 unspecified atom stereocenters. The molecule has 4 atom stereocenters. The predicted octanol–water partition coefficient (Wildman–Crippen LogP) is 18.8. The van der Waals surface area contributed by atoms with Crippen LogP contribution in [0.4, 0.5) is 117 Å². The number of carbonyl (C=O) groups excluding carboxylic acids is 4. The van der Waals surface area contributed by atoms with Crippen LogP contribution in [0.25, 0.3) is 45.8 Å². The van der Waals surface area contributed by atoms with Gasteiger partial charge < -0.3 is 84.5 Å². The summed E-state index contributed by atoms with van der Waals surface area (Å²) in [5.41, 5.74) is 7.07. The number of nitrogens with zero attached hydrogens (tertiary/aromatic N) is 9. The van der Waals surface area contributed by atoms with E-state index in [2.05, 4.69) is 72.7 Å². The van der Waals surface area contributed by atoms with Gasteiger partial charge in [-0.2, -0.15) is 57.6 Å². The molecule has 0 spiro atoms. The summed E-state index contributed by atoms with van der Waals surface area (Å²) in [5.74, 6) is 0.744. The van der Waals surface area contributed by atoms with E-state index in [4.69, 9.17) is 47.5 Å². The molecule has 0 saturated carbocycles. The van der Waals surface area contributed by atoms with Crippen molar-refractivity contribution in [1.29, 1.82) is 0 Å². The van der Waals surface area contributed by atoms with Crippen LogP contribution in [0.1, 0.15) is 112 Å². The number of hydrogen-bond acceptors (Lipinski definition) is 27. The normalized spacial score (nSPS) is 14.6. The zero-order valence-corrected chi connectivity index (χ0v) is 64.5. The van der Waals surface area contributed by atoms with Crippen molar-refractivity contribution in [1.82, 2.24) is 56.3 Å². The number of imide groups is 1. The molecule has 2 aliphatic heterocycles. The molecule has 42 heteroatoms. The van der Waals surface area contributed by atoms with Gasteiger partial charge in [-0.1, -0.05) is 48.5 Å². The quantitative estimate of drug-likeness (QED) is 0.0268. The van der Waals surface area contributed by atoms with E-state index in [0.717, 1.165) is 53.4 Å². The summed E-state index contributed by atoms with van der Waals surface area (Å²) < 4.78 is 196. The van der Waals surface area contributed by atoms with Crippen molar-refractivity contribution in [2.24, 2.45) is 5.73 Å². The minimum atomic E-state index is -4.44. The van der Waals surface area contributed by atoms with Gasteiger partial charge in [-0.15, -0.1) is 40.8 Å². The van der Waals surface area contributed by atoms with Crippen molar-refractivity contribution >= 4 is 69.9 Å². The van der Waals surface area contributed by atoms with E-state index < -0.39 is 113 Å². The molecule has 12 aromatic rings. The third-order valence-electron chi connectivity index (χ3n) is 16.8. The highest BCUT2D eigenvalue weighted by Crippen LogP contribution is 2.41. The van der Waals surface area contributed by atoms with Crippen molar-refractivity contribution < 1.29 is 119 Å². The Bertz CT molecular complexity index is 5560. The third kappa shape index (κ3) is 23.6. The first-order chi connectivity index (χ1) is 57.7. The fraction of sp³-hybridized carbons (Fsp3) is 0.250. The Labute approximate surface area is 683 Å². The van der Waals surface area contributed by atoms with Crippen molar-refractivity contribution in [2.75, 3.05) is 47.7 Å². The Morgan fingerprint density at radius 2 is 0.779 bits per heavy atom. The number of alkyl carbamates (subject to hydrolysis) is 2. The molecule has 10 N–H and O–H groups in total. The molecule has 0 radical (unpaired) electrons. The molecule has 0 aliphatic carbocycles. The van der Waals surface area contributed by atoms with Gasteiger partial charge in [-0.3, -0.25) is 0 Å². The minimum absolute atomic E-state index is 0.0392. The Morgan fingerprint density at radius 3 is 1.12 bits per heavy atom. The first-order valence-corrected chi connectivity index (χ1v) is 36.2. The fourth-order valence-corrected chi connectivity index (χ4v) is 11.0. The van der Waals surface area contributed by atoms with Crippen LogP contribution >= 0.6 is 0 Å². The van der Waals surface area contributed by atoms with Crippen LogP contribution in [0, 0.1) is 0 Å². The average Bonchev–Trinajstić information content (AvgIpc) is 1.64. The van der Waals surface area contributed by atoms with E-state index in [0.29, 0.717) is 67.8 Å². The van der Waals surface area contributed by atoms with Gasteiger partial charge in [-0.25, -0.2) is 19.2 Å². The van der Waals surface area contributed by atoms with Crippen molar-refractivity contribution in [3.8, 4) is 45.8 Å². The highest BCUT2D eigenvalue weighted by molar-refractivity contribution is 5.90. The lowest BCUT2D eigenvalue weighted by Crippen LogP contribution is -2.39. The molecular formula is C80H72F12N16O14. The lowest BCUT2D eigenvalue weighted by atomic mass is 10.1. The van der Waals surface area contributed by atoms with Crippen LogP contribution in [0.5, 0.6) is 0 Å². The standard InChI is InChI=1S/C23H21F3N4O5.C22H23F3N4O4.C18H13F3N4O3.C17H15F3N4O2/c1-22(2,3)35-21(32)30-17(12-33-20(30)31)19-29-28-18(34-19)15-6-4-5-7-16(15)27-14-10-8-13(9-11-14)23(24,25)26;1-21(2,3)33-20(31)27-17(12-30)19-29-28-18(32-19)15-6-4-5-7-16(15)26-14-10-8-13(9-11-14)22(23,24)25;19-18(20,21)10-5-7-11(8-6-10)22-13-4-2-1-3-12(13)15-24-25-16(28-15)14-9-27-17(26)23-14;18-17(19,20)10-5-7-11(8-6-10)22-14-4-2-1-3-12(14)15-23-24-16(26-15)13(21)9-25/h4-11,17,27H,12H2,1-3H3;4-11,17,26,30H,12H2,1-3H3,(H,27,31);1-8,14,22H,9H2,(H,23,26);1-8,13,22,25H,9,21H2. The maximum Gasteiger partial charge on any atom is 0.420 e.